The highest BCUT2D eigenvalue weighted by Gasteiger charge is 2.22. The molecule has 0 saturated heterocycles. The molecule has 0 N–H and O–H groups in total. The summed E-state index contributed by atoms with van der Waals surface area (Å²) in [6.07, 6.45) is 58.9. The Morgan fingerprint density at radius 1 is 0.463 bits per heavy atom. The van der Waals surface area contributed by atoms with Crippen LogP contribution in [0, 0.1) is 0 Å². The van der Waals surface area contributed by atoms with Crippen molar-refractivity contribution >= 4 is 19.8 Å². The molecule has 0 fully saturated rings. The minimum atomic E-state index is -4.63. The third-order valence-corrected chi connectivity index (χ3v) is 13.4. The Morgan fingerprint density at radius 3 is 1.19 bits per heavy atom. The van der Waals surface area contributed by atoms with E-state index >= 15 is 0 Å². The van der Waals surface area contributed by atoms with E-state index in [0.29, 0.717) is 17.4 Å². The Balaban J connectivity index is 4.19. The number of carbonyl (C=O) groups is 2. The van der Waals surface area contributed by atoms with E-state index < -0.39 is 26.5 Å². The molecule has 10 heteroatoms. The maximum atomic E-state index is 12.8. The zero-order valence-electron chi connectivity index (χ0n) is 44.6. The normalized spacial score (nSPS) is 13.6. The Morgan fingerprint density at radius 2 is 0.806 bits per heavy atom. The molecule has 67 heavy (non-hydrogen) atoms. The van der Waals surface area contributed by atoms with Crippen LogP contribution in [0.4, 0.5) is 0 Å². The SMILES string of the molecule is CCCCCCC/C=C\C/C=C\C/C=C\CCCCCCCCCCC(=O)OC(COC(=O)CCCCCCCCCCCCCCCCCCCCCC)COP(=O)([O-])OCC[N+](C)(C)C. The summed E-state index contributed by atoms with van der Waals surface area (Å²) in [4.78, 5) is 37.8. The first kappa shape index (κ1) is 65.2. The van der Waals surface area contributed by atoms with Gasteiger partial charge in [0.1, 0.15) is 19.8 Å². The van der Waals surface area contributed by atoms with Crippen molar-refractivity contribution in [3.8, 4) is 0 Å². The van der Waals surface area contributed by atoms with E-state index in [4.69, 9.17) is 18.5 Å². The lowest BCUT2D eigenvalue weighted by Crippen LogP contribution is -2.37. The first-order valence-corrected chi connectivity index (χ1v) is 29.7. The molecule has 0 aromatic rings. The highest BCUT2D eigenvalue weighted by atomic mass is 31.2. The van der Waals surface area contributed by atoms with Crippen molar-refractivity contribution in [2.75, 3.05) is 47.5 Å². The fourth-order valence-electron chi connectivity index (χ4n) is 8.02. The van der Waals surface area contributed by atoms with E-state index in [9.17, 15) is 19.0 Å². The molecule has 0 saturated carbocycles. The average molecular weight is 966 g/mol. The van der Waals surface area contributed by atoms with Crippen molar-refractivity contribution in [3.05, 3.63) is 36.5 Å². The Bertz CT molecular complexity index is 1230. The lowest BCUT2D eigenvalue weighted by molar-refractivity contribution is -0.870. The summed E-state index contributed by atoms with van der Waals surface area (Å²) in [5.74, 6) is -0.830. The van der Waals surface area contributed by atoms with E-state index in [-0.39, 0.29) is 32.0 Å². The molecule has 9 nitrogen and oxygen atoms in total. The number of hydrogen-bond acceptors (Lipinski definition) is 8. The highest BCUT2D eigenvalue weighted by Crippen LogP contribution is 2.38. The molecule has 0 aromatic carbocycles. The zero-order valence-corrected chi connectivity index (χ0v) is 45.5. The number of likely N-dealkylation sites (N-methyl/N-ethyl adjacent to an activating group) is 1. The molecule has 0 aliphatic rings. The number of hydrogen-bond donors (Lipinski definition) is 0. The number of carbonyl (C=O) groups excluding carboxylic acids is 2. The topological polar surface area (TPSA) is 111 Å². The lowest BCUT2D eigenvalue weighted by atomic mass is 10.0. The van der Waals surface area contributed by atoms with Gasteiger partial charge >= 0.3 is 11.9 Å². The first-order chi connectivity index (χ1) is 32.5. The van der Waals surface area contributed by atoms with E-state index in [1.54, 1.807) is 0 Å². The predicted octanol–water partition coefficient (Wildman–Crippen LogP) is 16.6. The van der Waals surface area contributed by atoms with Crippen molar-refractivity contribution in [2.45, 2.75) is 270 Å². The standard InChI is InChI=1S/C57H108NO8P/c1-6-8-10-12-14-16-18-20-22-24-26-28-29-30-32-34-36-38-40-42-44-46-48-50-57(60)66-55(54-65-67(61,62)64-52-51-58(3,4)5)53-63-56(59)49-47-45-43-41-39-37-35-33-31-27-25-23-21-19-17-15-13-11-9-7-2/h18,20,24,26,29-30,55H,6-17,19,21-23,25,27-28,31-54H2,1-5H3/b20-18-,26-24-,30-29-. The Kier molecular flexibility index (Phi) is 47.9. The van der Waals surface area contributed by atoms with Crippen LogP contribution in [0.5, 0.6) is 0 Å². The van der Waals surface area contributed by atoms with Crippen molar-refractivity contribution < 1.29 is 42.1 Å². The van der Waals surface area contributed by atoms with Gasteiger partial charge in [0.25, 0.3) is 7.82 Å². The number of allylic oxidation sites excluding steroid dienone is 6. The van der Waals surface area contributed by atoms with E-state index in [2.05, 4.69) is 50.3 Å². The van der Waals surface area contributed by atoms with Crippen LogP contribution < -0.4 is 4.89 Å². The summed E-state index contributed by atoms with van der Waals surface area (Å²) < 4.78 is 34.1. The molecule has 0 aliphatic heterocycles. The maximum Gasteiger partial charge on any atom is 0.306 e. The van der Waals surface area contributed by atoms with Crippen molar-refractivity contribution in [3.63, 3.8) is 0 Å². The van der Waals surface area contributed by atoms with E-state index in [1.165, 1.54) is 173 Å². The van der Waals surface area contributed by atoms with Crippen molar-refractivity contribution in [1.82, 2.24) is 0 Å². The molecular weight excluding hydrogens is 858 g/mol. The van der Waals surface area contributed by atoms with E-state index in [0.717, 1.165) is 57.8 Å². The summed E-state index contributed by atoms with van der Waals surface area (Å²) in [5, 5.41) is 0. The smallest absolute Gasteiger partial charge is 0.306 e. The fraction of sp³-hybridized carbons (Fsp3) is 0.860. The average Bonchev–Trinajstić information content (AvgIpc) is 3.29. The van der Waals surface area contributed by atoms with E-state index in [1.807, 2.05) is 21.1 Å². The van der Waals surface area contributed by atoms with Crippen LogP contribution in [-0.2, 0) is 32.7 Å². The van der Waals surface area contributed by atoms with Gasteiger partial charge in [0.2, 0.25) is 0 Å². The molecule has 0 aliphatic carbocycles. The number of nitrogens with zero attached hydrogens (tertiary/aromatic N) is 1. The second kappa shape index (κ2) is 49.2. The summed E-state index contributed by atoms with van der Waals surface area (Å²) in [7, 11) is 1.17. The number of phosphoric ester groups is 1. The third-order valence-electron chi connectivity index (χ3n) is 12.4. The van der Waals surface area contributed by atoms with Crippen LogP contribution in [0.25, 0.3) is 0 Å². The van der Waals surface area contributed by atoms with Crippen LogP contribution in [0.15, 0.2) is 36.5 Å². The van der Waals surface area contributed by atoms with Crippen LogP contribution in [0.3, 0.4) is 0 Å². The molecule has 0 spiro atoms. The van der Waals surface area contributed by atoms with Gasteiger partial charge in [-0.3, -0.25) is 14.2 Å². The fourth-order valence-corrected chi connectivity index (χ4v) is 8.75. The second-order valence-corrected chi connectivity index (χ2v) is 21.7. The van der Waals surface area contributed by atoms with Gasteiger partial charge in [0.05, 0.1) is 27.7 Å². The third kappa shape index (κ3) is 53.4. The lowest BCUT2D eigenvalue weighted by Gasteiger charge is -2.28. The minimum Gasteiger partial charge on any atom is -0.756 e. The molecular formula is C57H108NO8P. The molecule has 2 unspecified atom stereocenters. The molecule has 0 rings (SSSR count). The number of rotatable bonds is 52. The van der Waals surface area contributed by atoms with Crippen LogP contribution in [0.1, 0.15) is 264 Å². The van der Waals surface area contributed by atoms with Gasteiger partial charge in [0, 0.05) is 12.8 Å². The molecule has 0 bridgehead atoms. The van der Waals surface area contributed by atoms with Gasteiger partial charge in [-0.15, -0.1) is 0 Å². The van der Waals surface area contributed by atoms with Crippen LogP contribution in [0.2, 0.25) is 0 Å². The number of quaternary nitrogens is 1. The number of ether oxygens (including phenoxy) is 2. The summed E-state index contributed by atoms with van der Waals surface area (Å²) in [6, 6.07) is 0. The monoisotopic (exact) mass is 966 g/mol. The van der Waals surface area contributed by atoms with Crippen LogP contribution >= 0.6 is 7.82 Å². The number of phosphoric acid groups is 1. The number of unbranched alkanes of at least 4 members (excludes halogenated alkanes) is 32. The summed E-state index contributed by atoms with van der Waals surface area (Å²) >= 11 is 0. The highest BCUT2D eigenvalue weighted by molar-refractivity contribution is 7.45. The molecule has 0 aromatic heterocycles. The molecule has 2 atom stereocenters. The van der Waals surface area contributed by atoms with Crippen molar-refractivity contribution in [1.29, 1.82) is 0 Å². The molecule has 0 radical (unpaired) electrons. The maximum absolute atomic E-state index is 12.8. The second-order valence-electron chi connectivity index (χ2n) is 20.3. The first-order valence-electron chi connectivity index (χ1n) is 28.2. The van der Waals surface area contributed by atoms with Crippen LogP contribution in [-0.4, -0.2) is 70.0 Å². The Labute approximate surface area is 414 Å². The van der Waals surface area contributed by atoms with Gasteiger partial charge in [-0.2, -0.15) is 0 Å². The zero-order chi connectivity index (χ0) is 49.2. The van der Waals surface area contributed by atoms with Gasteiger partial charge in [-0.1, -0.05) is 237 Å². The predicted molar refractivity (Wildman–Crippen MR) is 282 cm³/mol. The quantitative estimate of drug-likeness (QED) is 0.0195. The molecule has 394 valence electrons. The summed E-state index contributed by atoms with van der Waals surface area (Å²) in [6.45, 7) is 4.26. The van der Waals surface area contributed by atoms with Crippen molar-refractivity contribution in [2.24, 2.45) is 0 Å². The minimum absolute atomic E-state index is 0.0312. The van der Waals surface area contributed by atoms with Gasteiger partial charge in [-0.25, -0.2) is 0 Å². The summed E-state index contributed by atoms with van der Waals surface area (Å²) in [5.41, 5.74) is 0. The van der Waals surface area contributed by atoms with Gasteiger partial charge < -0.3 is 27.9 Å². The molecule has 0 amide bonds. The largest absolute Gasteiger partial charge is 0.756 e. The number of esters is 2. The van der Waals surface area contributed by atoms with Gasteiger partial charge in [-0.05, 0) is 51.4 Å². The Hall–Kier alpha value is -1.77. The van der Waals surface area contributed by atoms with Gasteiger partial charge in [0.15, 0.2) is 6.10 Å². The molecule has 0 heterocycles.